The molecular formula is C19H18O7S. The summed E-state index contributed by atoms with van der Waals surface area (Å²) in [6.45, 7) is 5.71. The van der Waals surface area contributed by atoms with Crippen molar-refractivity contribution in [2.45, 2.75) is 25.5 Å². The third-order valence-electron chi connectivity index (χ3n) is 3.54. The van der Waals surface area contributed by atoms with Gasteiger partial charge < -0.3 is 14.9 Å². The van der Waals surface area contributed by atoms with E-state index in [0.29, 0.717) is 0 Å². The van der Waals surface area contributed by atoms with Gasteiger partial charge in [0.05, 0.1) is 22.3 Å². The van der Waals surface area contributed by atoms with E-state index in [0.717, 1.165) is 12.1 Å². The summed E-state index contributed by atoms with van der Waals surface area (Å²) in [7, 11) is -0.658. The Morgan fingerprint density at radius 3 is 2.11 bits per heavy atom. The fourth-order valence-corrected chi connectivity index (χ4v) is 3.75. The van der Waals surface area contributed by atoms with Gasteiger partial charge in [-0.25, -0.2) is 19.2 Å². The van der Waals surface area contributed by atoms with E-state index in [9.17, 15) is 24.3 Å². The predicted molar refractivity (Wildman–Crippen MR) is 101 cm³/mol. The minimum Gasteiger partial charge on any atom is -0.478 e. The van der Waals surface area contributed by atoms with Crippen LogP contribution in [0.4, 0.5) is 0 Å². The summed E-state index contributed by atoms with van der Waals surface area (Å²) in [6, 6.07) is 5.08. The van der Waals surface area contributed by atoms with Gasteiger partial charge in [0.2, 0.25) is 0 Å². The van der Waals surface area contributed by atoms with Gasteiger partial charge in [-0.2, -0.15) is 10.5 Å². The standard InChI is InChI=1S/C19H18O7S/c1-19(2,3)27-9-13(16(22)23)8-14(10-27)18(25)26-17(24)12-6-4-5-11(7-12)15(20)21/h4-10H,1-3H3,(H,20,21)(H,22,23). The molecular weight excluding hydrogens is 372 g/mol. The zero-order valence-corrected chi connectivity index (χ0v) is 15.7. The first-order chi connectivity index (χ1) is 12.5. The molecule has 7 nitrogen and oxygen atoms in total. The number of aromatic carboxylic acids is 1. The van der Waals surface area contributed by atoms with Crippen molar-refractivity contribution in [3.8, 4) is 0 Å². The normalized spacial score (nSPS) is 16.5. The quantitative estimate of drug-likeness (QED) is 0.461. The number of hydrogen-bond acceptors (Lipinski definition) is 5. The molecule has 27 heavy (non-hydrogen) atoms. The highest BCUT2D eigenvalue weighted by atomic mass is 32.2. The molecule has 0 bridgehead atoms. The smallest absolute Gasteiger partial charge is 0.346 e. The molecule has 0 aliphatic carbocycles. The Balaban J connectivity index is 2.29. The topological polar surface area (TPSA) is 118 Å². The first-order valence-corrected chi connectivity index (χ1v) is 9.17. The highest BCUT2D eigenvalue weighted by Gasteiger charge is 2.25. The van der Waals surface area contributed by atoms with Crippen molar-refractivity contribution < 1.29 is 34.1 Å². The van der Waals surface area contributed by atoms with Crippen molar-refractivity contribution in [1.29, 1.82) is 0 Å². The molecule has 1 aromatic carbocycles. The number of carboxylic acid groups (broad SMARTS) is 2. The third-order valence-corrected chi connectivity index (χ3v) is 5.97. The maximum Gasteiger partial charge on any atom is 0.346 e. The van der Waals surface area contributed by atoms with Gasteiger partial charge in [0.1, 0.15) is 0 Å². The van der Waals surface area contributed by atoms with Gasteiger partial charge in [0, 0.05) is 4.75 Å². The van der Waals surface area contributed by atoms with Crippen molar-refractivity contribution in [2.24, 2.45) is 0 Å². The van der Waals surface area contributed by atoms with E-state index >= 15 is 0 Å². The van der Waals surface area contributed by atoms with Crippen LogP contribution in [0.25, 0.3) is 0 Å². The number of carbonyl (C=O) groups excluding carboxylic acids is 2. The van der Waals surface area contributed by atoms with Crippen molar-refractivity contribution >= 4 is 39.7 Å². The number of hydrogen-bond donors (Lipinski definition) is 2. The molecule has 0 amide bonds. The SMILES string of the molecule is CC(C)(C)S1=CC(C(=O)O)=CC(C(=O)OC(=O)c2cccc(C(=O)O)c2)=C1. The van der Waals surface area contributed by atoms with Gasteiger partial charge in [-0.15, -0.1) is 0 Å². The van der Waals surface area contributed by atoms with Crippen LogP contribution in [0.15, 0.2) is 46.9 Å². The van der Waals surface area contributed by atoms with Crippen LogP contribution >= 0.6 is 10.5 Å². The highest BCUT2D eigenvalue weighted by Crippen LogP contribution is 2.37. The minimum absolute atomic E-state index is 0.0316. The predicted octanol–water partition coefficient (Wildman–Crippen LogP) is 2.85. The first-order valence-electron chi connectivity index (χ1n) is 7.82. The van der Waals surface area contributed by atoms with Crippen LogP contribution in [0.3, 0.4) is 0 Å². The third kappa shape index (κ3) is 5.01. The van der Waals surface area contributed by atoms with Crippen molar-refractivity contribution in [2.75, 3.05) is 0 Å². The lowest BCUT2D eigenvalue weighted by atomic mass is 10.1. The number of ether oxygens (including phenoxy) is 1. The molecule has 0 spiro atoms. The van der Waals surface area contributed by atoms with Gasteiger partial charge in [-0.05, 0) is 35.1 Å². The summed E-state index contributed by atoms with van der Waals surface area (Å²) in [5, 5.41) is 21.4. The van der Waals surface area contributed by atoms with Crippen LogP contribution in [0.2, 0.25) is 0 Å². The molecule has 0 saturated carbocycles. The van der Waals surface area contributed by atoms with Gasteiger partial charge in [0.15, 0.2) is 0 Å². The molecule has 0 saturated heterocycles. The van der Waals surface area contributed by atoms with Crippen LogP contribution in [0.5, 0.6) is 0 Å². The average molecular weight is 390 g/mol. The van der Waals surface area contributed by atoms with E-state index in [1.54, 1.807) is 10.8 Å². The monoisotopic (exact) mass is 390 g/mol. The summed E-state index contributed by atoms with van der Waals surface area (Å²) >= 11 is 0. The molecule has 0 radical (unpaired) electrons. The van der Waals surface area contributed by atoms with E-state index in [1.165, 1.54) is 18.2 Å². The summed E-state index contributed by atoms with van der Waals surface area (Å²) in [4.78, 5) is 46.9. The summed E-state index contributed by atoms with van der Waals surface area (Å²) in [5.74, 6) is -4.41. The molecule has 1 atom stereocenters. The van der Waals surface area contributed by atoms with E-state index in [2.05, 4.69) is 0 Å². The Morgan fingerprint density at radius 2 is 1.56 bits per heavy atom. The Kier molecular flexibility index (Phi) is 5.80. The lowest BCUT2D eigenvalue weighted by Crippen LogP contribution is -2.19. The van der Waals surface area contributed by atoms with Crippen LogP contribution in [0.1, 0.15) is 41.5 Å². The Bertz CT molecular complexity index is 930. The minimum atomic E-state index is -1.22. The zero-order chi connectivity index (χ0) is 20.4. The number of benzene rings is 1. The van der Waals surface area contributed by atoms with Gasteiger partial charge >= 0.3 is 23.9 Å². The van der Waals surface area contributed by atoms with Gasteiger partial charge in [-0.1, -0.05) is 26.8 Å². The first kappa shape index (κ1) is 20.3. The molecule has 1 heterocycles. The zero-order valence-electron chi connectivity index (χ0n) is 14.9. The maximum absolute atomic E-state index is 12.4. The average Bonchev–Trinajstić information content (AvgIpc) is 2.60. The lowest BCUT2D eigenvalue weighted by molar-refractivity contribution is -0.133. The second-order valence-electron chi connectivity index (χ2n) is 6.64. The van der Waals surface area contributed by atoms with Gasteiger partial charge in [-0.3, -0.25) is 0 Å². The van der Waals surface area contributed by atoms with Crippen molar-refractivity contribution in [1.82, 2.24) is 0 Å². The number of esters is 2. The molecule has 2 rings (SSSR count). The second-order valence-corrected chi connectivity index (χ2v) is 9.08. The molecule has 2 N–H and O–H groups in total. The van der Waals surface area contributed by atoms with E-state index < -0.39 is 34.4 Å². The molecule has 0 fully saturated rings. The lowest BCUT2D eigenvalue weighted by Gasteiger charge is -2.24. The second kappa shape index (κ2) is 7.71. The van der Waals surface area contributed by atoms with Crippen LogP contribution in [0, 0.1) is 0 Å². The summed E-state index contributed by atoms with van der Waals surface area (Å²) < 4.78 is 4.49. The Hall–Kier alpha value is -3.00. The van der Waals surface area contributed by atoms with E-state index in [-0.39, 0.29) is 27.0 Å². The summed E-state index contributed by atoms with van der Waals surface area (Å²) in [5.41, 5.74) is -0.298. The maximum atomic E-state index is 12.4. The molecule has 1 aliphatic heterocycles. The summed E-state index contributed by atoms with van der Waals surface area (Å²) in [6.07, 6.45) is 1.15. The van der Waals surface area contributed by atoms with Crippen molar-refractivity contribution in [3.63, 3.8) is 0 Å². The largest absolute Gasteiger partial charge is 0.478 e. The van der Waals surface area contributed by atoms with E-state index in [1.807, 2.05) is 20.8 Å². The number of carbonyl (C=O) groups is 4. The van der Waals surface area contributed by atoms with Crippen LogP contribution in [-0.4, -0.2) is 44.2 Å². The highest BCUT2D eigenvalue weighted by molar-refractivity contribution is 8.19. The van der Waals surface area contributed by atoms with E-state index in [4.69, 9.17) is 9.84 Å². The molecule has 1 aromatic rings. The van der Waals surface area contributed by atoms with Crippen LogP contribution < -0.4 is 0 Å². The Labute approximate surface area is 157 Å². The number of carboxylic acids is 2. The number of aliphatic carboxylic acids is 1. The fourth-order valence-electron chi connectivity index (χ4n) is 2.10. The molecule has 1 aliphatic rings. The molecule has 8 heteroatoms. The molecule has 0 aromatic heterocycles. The van der Waals surface area contributed by atoms with Gasteiger partial charge in [0.25, 0.3) is 0 Å². The molecule has 142 valence electrons. The number of rotatable bonds is 4. The fraction of sp³-hybridized carbons (Fsp3) is 0.211. The van der Waals surface area contributed by atoms with Crippen molar-refractivity contribution in [3.05, 3.63) is 58.0 Å². The Morgan fingerprint density at radius 1 is 0.926 bits per heavy atom. The van der Waals surface area contributed by atoms with Crippen LogP contribution in [-0.2, 0) is 14.3 Å². The molecule has 1 unspecified atom stereocenters.